The first-order valence-corrected chi connectivity index (χ1v) is 18.5. The predicted molar refractivity (Wildman–Crippen MR) is 199 cm³/mol. The van der Waals surface area contributed by atoms with Gasteiger partial charge in [-0.25, -0.2) is 20.0 Å². The number of pyridine rings is 1. The number of thiazole rings is 1. The molecule has 14 heteroatoms. The minimum absolute atomic E-state index is 0.00323. The molecule has 5 rings (SSSR count). The zero-order valence-electron chi connectivity index (χ0n) is 31.0. The summed E-state index contributed by atoms with van der Waals surface area (Å²) in [5, 5.41) is 27.5. The summed E-state index contributed by atoms with van der Waals surface area (Å²) < 4.78 is 13.3. The highest BCUT2D eigenvalue weighted by Crippen LogP contribution is 2.41. The number of aliphatic hydroxyl groups excluding tert-OH is 1. The van der Waals surface area contributed by atoms with Crippen LogP contribution in [0.15, 0.2) is 41.9 Å². The molecule has 4 N–H and O–H groups in total. The number of aliphatic carboxylic acids is 1. The minimum atomic E-state index is -1.09. The number of carboxylic acid groups (broad SMARTS) is 1. The minimum Gasteiger partial charge on any atom is -0.480 e. The maximum absolute atomic E-state index is 13.6. The summed E-state index contributed by atoms with van der Waals surface area (Å²) in [6, 6.07) is 8.29. The van der Waals surface area contributed by atoms with E-state index in [2.05, 4.69) is 45.4 Å². The van der Waals surface area contributed by atoms with Crippen LogP contribution in [0.4, 0.5) is 4.79 Å². The molecular formula is C38H50N6O7S. The van der Waals surface area contributed by atoms with E-state index >= 15 is 0 Å². The molecule has 1 aromatic carbocycles. The molecule has 1 fully saturated rings. The number of hydrogen-bond donors (Lipinski definition) is 4. The number of benzene rings is 1. The number of nitrogens with zero attached hydrogens (tertiary/aromatic N) is 4. The number of aliphatic hydroxyl groups is 1. The molecule has 2 amide bonds. The molecule has 1 aliphatic rings. The van der Waals surface area contributed by atoms with Gasteiger partial charge < -0.3 is 29.6 Å². The molecule has 280 valence electrons. The normalized spacial score (nSPS) is 15.8. The van der Waals surface area contributed by atoms with Crippen molar-refractivity contribution in [3.8, 4) is 22.5 Å². The Morgan fingerprint density at radius 3 is 2.62 bits per heavy atom. The average Bonchev–Trinajstić information content (AvgIpc) is 3.70. The molecule has 13 nitrogen and oxygen atoms in total. The SMILES string of the molecule is CCn1c(-c2cccnc2COC)c(CC(C)(C)CO)c2cc(-c3csc(C(CC(=O)N4NCCCC4C(=O)O)NC(=O)OC(C)(C)C)n3)ccc21. The largest absolute Gasteiger partial charge is 0.480 e. The molecule has 0 aliphatic carbocycles. The molecular weight excluding hydrogens is 685 g/mol. The fraction of sp³-hybridized carbons (Fsp3) is 0.500. The first-order valence-electron chi connectivity index (χ1n) is 17.6. The van der Waals surface area contributed by atoms with Gasteiger partial charge in [-0.05, 0) is 82.2 Å². The number of fused-ring (bicyclic) bond motifs is 1. The maximum atomic E-state index is 13.6. The molecule has 0 saturated carbocycles. The summed E-state index contributed by atoms with van der Waals surface area (Å²) in [6.07, 6.45) is 2.38. The van der Waals surface area contributed by atoms with Crippen LogP contribution >= 0.6 is 11.3 Å². The fourth-order valence-electron chi connectivity index (χ4n) is 6.57. The van der Waals surface area contributed by atoms with Crippen LogP contribution in [0.1, 0.15) is 83.1 Å². The average molecular weight is 735 g/mol. The maximum Gasteiger partial charge on any atom is 0.408 e. The van der Waals surface area contributed by atoms with Gasteiger partial charge in [-0.2, -0.15) is 0 Å². The number of aryl methyl sites for hydroxylation is 1. The number of carbonyl (C=O) groups is 3. The van der Waals surface area contributed by atoms with Crippen LogP contribution in [0.2, 0.25) is 0 Å². The van der Waals surface area contributed by atoms with E-state index in [0.29, 0.717) is 49.7 Å². The highest BCUT2D eigenvalue weighted by atomic mass is 32.1. The highest BCUT2D eigenvalue weighted by molar-refractivity contribution is 7.10. The first-order chi connectivity index (χ1) is 24.7. The fourth-order valence-corrected chi connectivity index (χ4v) is 7.45. The third-order valence-corrected chi connectivity index (χ3v) is 9.94. The van der Waals surface area contributed by atoms with Crippen LogP contribution in [-0.4, -0.2) is 79.6 Å². The summed E-state index contributed by atoms with van der Waals surface area (Å²) >= 11 is 1.30. The van der Waals surface area contributed by atoms with E-state index in [1.54, 1.807) is 34.1 Å². The lowest BCUT2D eigenvalue weighted by Gasteiger charge is -2.34. The van der Waals surface area contributed by atoms with Gasteiger partial charge in [0.15, 0.2) is 0 Å². The van der Waals surface area contributed by atoms with Crippen LogP contribution in [0.3, 0.4) is 0 Å². The molecule has 1 saturated heterocycles. The number of aromatic nitrogens is 3. The zero-order valence-corrected chi connectivity index (χ0v) is 31.8. The van der Waals surface area contributed by atoms with Crippen molar-refractivity contribution in [3.63, 3.8) is 0 Å². The molecule has 3 aromatic heterocycles. The Balaban J connectivity index is 1.57. The Kier molecular flexibility index (Phi) is 12.0. The van der Waals surface area contributed by atoms with Crippen molar-refractivity contribution in [3.05, 3.63) is 58.2 Å². The third-order valence-electron chi connectivity index (χ3n) is 8.98. The number of rotatable bonds is 13. The first kappa shape index (κ1) is 38.9. The van der Waals surface area contributed by atoms with Crippen molar-refractivity contribution < 1.29 is 34.1 Å². The van der Waals surface area contributed by atoms with Gasteiger partial charge in [0.2, 0.25) is 5.91 Å². The van der Waals surface area contributed by atoms with Gasteiger partial charge in [0.25, 0.3) is 0 Å². The van der Waals surface area contributed by atoms with Crippen LogP contribution in [-0.2, 0) is 38.6 Å². The number of hydrazine groups is 1. The van der Waals surface area contributed by atoms with Crippen LogP contribution in [0.25, 0.3) is 33.4 Å². The molecule has 0 spiro atoms. The number of carbonyl (C=O) groups excluding carboxylic acids is 2. The van der Waals surface area contributed by atoms with Gasteiger partial charge in [-0.3, -0.25) is 14.8 Å². The molecule has 2 unspecified atom stereocenters. The Morgan fingerprint density at radius 1 is 1.17 bits per heavy atom. The van der Waals surface area contributed by atoms with Crippen LogP contribution < -0.4 is 10.7 Å². The Bertz CT molecular complexity index is 1910. The standard InChI is InChI=1S/C38H50N6O7S/c1-8-43-30-14-13-23(17-25(30)26(19-38(5,6)22-45)33(43)24-11-9-15-39-28(24)20-50-7)29-21-52-34(41-29)27(42-36(49)51-37(2,3)4)18-32(46)44-31(35(47)48)12-10-16-40-44/h9,11,13-15,17,21,27,31,40,45H,8,10,12,16,18-20,22H2,1-7H3,(H,42,49)(H,47,48). The molecule has 4 aromatic rings. The predicted octanol–water partition coefficient (Wildman–Crippen LogP) is 6.09. The zero-order chi connectivity index (χ0) is 37.8. The number of hydrogen-bond acceptors (Lipinski definition) is 10. The van der Waals surface area contributed by atoms with Crippen molar-refractivity contribution in [1.82, 2.24) is 30.3 Å². The second-order valence-corrected chi connectivity index (χ2v) is 15.8. The number of amides is 2. The van der Waals surface area contributed by atoms with Crippen molar-refractivity contribution in [2.45, 2.75) is 98.1 Å². The lowest BCUT2D eigenvalue weighted by molar-refractivity contribution is -0.155. The van der Waals surface area contributed by atoms with E-state index in [-0.39, 0.29) is 13.0 Å². The van der Waals surface area contributed by atoms with Gasteiger partial charge in [-0.15, -0.1) is 11.3 Å². The molecule has 1 aliphatic heterocycles. The van der Waals surface area contributed by atoms with E-state index in [1.807, 2.05) is 31.4 Å². The summed E-state index contributed by atoms with van der Waals surface area (Å²) in [5.41, 5.74) is 8.16. The van der Waals surface area contributed by atoms with Gasteiger partial charge >= 0.3 is 12.1 Å². The summed E-state index contributed by atoms with van der Waals surface area (Å²) in [7, 11) is 1.65. The van der Waals surface area contributed by atoms with E-state index in [1.165, 1.54) is 11.3 Å². The second kappa shape index (κ2) is 16.1. The number of nitrogens with one attached hydrogen (secondary N) is 2. The number of methoxy groups -OCH3 is 1. The van der Waals surface area contributed by atoms with E-state index in [4.69, 9.17) is 14.5 Å². The molecule has 4 heterocycles. The lowest BCUT2D eigenvalue weighted by atomic mass is 9.84. The third kappa shape index (κ3) is 8.80. The quantitative estimate of drug-likeness (QED) is 0.126. The molecule has 0 bridgehead atoms. The van der Waals surface area contributed by atoms with Crippen molar-refractivity contribution >= 4 is 40.2 Å². The second-order valence-electron chi connectivity index (χ2n) is 14.9. The van der Waals surface area contributed by atoms with Crippen molar-refractivity contribution in [1.29, 1.82) is 0 Å². The van der Waals surface area contributed by atoms with E-state index in [9.17, 15) is 24.6 Å². The van der Waals surface area contributed by atoms with Gasteiger partial charge in [0.05, 0.1) is 36.2 Å². The molecule has 0 radical (unpaired) electrons. The Labute approximate surface area is 308 Å². The number of ether oxygens (including phenoxy) is 2. The van der Waals surface area contributed by atoms with Gasteiger partial charge in [0, 0.05) is 60.4 Å². The Morgan fingerprint density at radius 2 is 1.94 bits per heavy atom. The van der Waals surface area contributed by atoms with Gasteiger partial charge in [-0.1, -0.05) is 19.9 Å². The monoisotopic (exact) mass is 734 g/mol. The summed E-state index contributed by atoms with van der Waals surface area (Å²) in [4.78, 5) is 48.1. The van der Waals surface area contributed by atoms with Gasteiger partial charge in [0.1, 0.15) is 16.7 Å². The number of carboxylic acids is 1. The lowest BCUT2D eigenvalue weighted by Crippen LogP contribution is -2.56. The van der Waals surface area contributed by atoms with Crippen LogP contribution in [0.5, 0.6) is 0 Å². The van der Waals surface area contributed by atoms with Crippen molar-refractivity contribution in [2.24, 2.45) is 5.41 Å². The summed E-state index contributed by atoms with van der Waals surface area (Å²) in [6.45, 7) is 13.0. The van der Waals surface area contributed by atoms with Crippen LogP contribution in [0, 0.1) is 5.41 Å². The summed E-state index contributed by atoms with van der Waals surface area (Å²) in [5.74, 6) is -1.57. The Hall–Kier alpha value is -4.37. The van der Waals surface area contributed by atoms with E-state index in [0.717, 1.165) is 44.0 Å². The molecule has 52 heavy (non-hydrogen) atoms. The topological polar surface area (TPSA) is 168 Å². The highest BCUT2D eigenvalue weighted by Gasteiger charge is 2.35. The number of alkyl carbamates (subject to hydrolysis) is 1. The smallest absolute Gasteiger partial charge is 0.408 e. The molecule has 2 atom stereocenters. The van der Waals surface area contributed by atoms with E-state index < -0.39 is 41.1 Å². The van der Waals surface area contributed by atoms with Crippen molar-refractivity contribution in [2.75, 3.05) is 20.3 Å².